The van der Waals surface area contributed by atoms with Gasteiger partial charge in [-0.05, 0) is 12.1 Å². The number of hydrogen-bond donors (Lipinski definition) is 7. The maximum absolute atomic E-state index is 10.7. The van der Waals surface area contributed by atoms with Crippen LogP contribution in [0, 0.1) is 0 Å². The molecule has 30 heavy (non-hydrogen) atoms. The second-order valence-corrected chi connectivity index (χ2v) is 6.89. The molecule has 0 aliphatic carbocycles. The molecular weight excluding hydrogens is 402 g/mol. The van der Waals surface area contributed by atoms with Crippen molar-refractivity contribution in [2.24, 2.45) is 0 Å². The van der Waals surface area contributed by atoms with Crippen molar-refractivity contribution in [3.63, 3.8) is 0 Å². The van der Waals surface area contributed by atoms with Gasteiger partial charge in [-0.1, -0.05) is 18.2 Å². The van der Waals surface area contributed by atoms with E-state index in [1.807, 2.05) is 6.07 Å². The highest BCUT2D eigenvalue weighted by atomic mass is 16.7. The van der Waals surface area contributed by atoms with E-state index >= 15 is 0 Å². The van der Waals surface area contributed by atoms with Crippen LogP contribution in [0.3, 0.4) is 0 Å². The van der Waals surface area contributed by atoms with Crippen LogP contribution in [0.1, 0.15) is 11.8 Å². The summed E-state index contributed by atoms with van der Waals surface area (Å²) >= 11 is 0. The lowest BCUT2D eigenvalue weighted by atomic mass is 9.99. The molecule has 166 valence electrons. The lowest BCUT2D eigenvalue weighted by Crippen LogP contribution is -2.60. The number of aromatic nitrogens is 3. The molecule has 0 bridgehead atoms. The highest BCUT2D eigenvalue weighted by molar-refractivity contribution is 5.28. The zero-order chi connectivity index (χ0) is 21.8. The van der Waals surface area contributed by atoms with Crippen molar-refractivity contribution in [2.75, 3.05) is 13.2 Å². The Morgan fingerprint density at radius 2 is 1.73 bits per heavy atom. The predicted octanol–water partition coefficient (Wildman–Crippen LogP) is -3.16. The fourth-order valence-corrected chi connectivity index (χ4v) is 3.08. The minimum absolute atomic E-state index is 0.000874. The summed E-state index contributed by atoms with van der Waals surface area (Å²) in [4.78, 5) is 1.24. The van der Waals surface area contributed by atoms with Crippen molar-refractivity contribution >= 4 is 0 Å². The van der Waals surface area contributed by atoms with Crippen LogP contribution in [-0.2, 0) is 9.47 Å². The van der Waals surface area contributed by atoms with Crippen LogP contribution in [0.4, 0.5) is 0 Å². The van der Waals surface area contributed by atoms with Crippen LogP contribution in [0.2, 0.25) is 0 Å². The van der Waals surface area contributed by atoms with Gasteiger partial charge in [-0.3, -0.25) is 0 Å². The lowest BCUT2D eigenvalue weighted by Gasteiger charge is -2.41. The standard InChI is InChI=1S/C18H25N3O9/c22-7-11(24)17(30-18-16(28)15(27)14(26)12(8-23)29-18)13(25)10-6-19-21(20-10)9-4-2-1-3-5-9/h1-6,11-18,22-28H,7-8H2/t11-,12+,13+,14+,15-,16+,17-,18-/m1/s1. The van der Waals surface area contributed by atoms with Gasteiger partial charge >= 0.3 is 0 Å². The van der Waals surface area contributed by atoms with E-state index < -0.39 is 62.2 Å². The Kier molecular flexibility index (Phi) is 7.46. The van der Waals surface area contributed by atoms with E-state index in [9.17, 15) is 35.7 Å². The van der Waals surface area contributed by atoms with Crippen LogP contribution < -0.4 is 0 Å². The first-order valence-electron chi connectivity index (χ1n) is 9.28. The molecule has 0 saturated carbocycles. The molecule has 2 aromatic rings. The second kappa shape index (κ2) is 9.87. The fraction of sp³-hybridized carbons (Fsp3) is 0.556. The molecule has 12 heteroatoms. The molecule has 0 spiro atoms. The number of para-hydroxylation sites is 1. The minimum Gasteiger partial charge on any atom is -0.394 e. The van der Waals surface area contributed by atoms with E-state index in [0.29, 0.717) is 5.69 Å². The van der Waals surface area contributed by atoms with Gasteiger partial charge in [0.25, 0.3) is 0 Å². The average Bonchev–Trinajstić information content (AvgIpc) is 3.27. The maximum atomic E-state index is 10.7. The lowest BCUT2D eigenvalue weighted by molar-refractivity contribution is -0.325. The van der Waals surface area contributed by atoms with Crippen molar-refractivity contribution in [3.8, 4) is 5.69 Å². The summed E-state index contributed by atoms with van der Waals surface area (Å²) in [6, 6.07) is 8.83. The van der Waals surface area contributed by atoms with Crippen molar-refractivity contribution in [1.29, 1.82) is 0 Å². The molecule has 1 aliphatic heterocycles. The van der Waals surface area contributed by atoms with Crippen molar-refractivity contribution < 1.29 is 45.2 Å². The molecule has 1 aliphatic rings. The molecule has 1 saturated heterocycles. The quantitative estimate of drug-likeness (QED) is 0.225. The molecule has 1 aromatic carbocycles. The minimum atomic E-state index is -1.75. The monoisotopic (exact) mass is 427 g/mol. The van der Waals surface area contributed by atoms with Crippen LogP contribution in [0.15, 0.2) is 36.5 Å². The number of benzene rings is 1. The number of aliphatic hydroxyl groups is 7. The third-order valence-electron chi connectivity index (χ3n) is 4.82. The first-order chi connectivity index (χ1) is 14.4. The molecule has 3 rings (SSSR count). The Bertz CT molecular complexity index is 790. The van der Waals surface area contributed by atoms with Gasteiger partial charge in [-0.15, -0.1) is 0 Å². The third kappa shape index (κ3) is 4.67. The SMILES string of the molecule is OC[C@@H](O)[C@@H](O[C@H]1O[C@@H](CO)[C@H](O)[C@@H](O)[C@@H]1O)[C@@H](O)c1cnn(-c2ccccc2)n1. The third-order valence-corrected chi connectivity index (χ3v) is 4.82. The summed E-state index contributed by atoms with van der Waals surface area (Å²) in [6.07, 6.45) is -11.4. The molecule has 2 heterocycles. The summed E-state index contributed by atoms with van der Waals surface area (Å²) < 4.78 is 10.7. The Morgan fingerprint density at radius 3 is 2.37 bits per heavy atom. The molecule has 7 N–H and O–H groups in total. The maximum Gasteiger partial charge on any atom is 0.187 e. The Balaban J connectivity index is 1.80. The molecule has 0 amide bonds. The van der Waals surface area contributed by atoms with E-state index in [1.54, 1.807) is 24.3 Å². The summed E-state index contributed by atoms with van der Waals surface area (Å²) in [5.41, 5.74) is 0.617. The van der Waals surface area contributed by atoms with Crippen molar-refractivity contribution in [2.45, 2.75) is 49.0 Å². The van der Waals surface area contributed by atoms with Gasteiger partial charge in [0.2, 0.25) is 0 Å². The fourth-order valence-electron chi connectivity index (χ4n) is 3.08. The van der Waals surface area contributed by atoms with Crippen molar-refractivity contribution in [3.05, 3.63) is 42.2 Å². The Morgan fingerprint density at radius 1 is 1.03 bits per heavy atom. The molecule has 1 aromatic heterocycles. The summed E-state index contributed by atoms with van der Waals surface area (Å²) in [5.74, 6) is 0. The van der Waals surface area contributed by atoms with E-state index in [2.05, 4.69) is 10.2 Å². The largest absolute Gasteiger partial charge is 0.394 e. The molecule has 12 nitrogen and oxygen atoms in total. The van der Waals surface area contributed by atoms with Gasteiger partial charge in [0, 0.05) is 0 Å². The van der Waals surface area contributed by atoms with Gasteiger partial charge in [0.1, 0.15) is 48.4 Å². The Hall–Kier alpha value is -2.00. The van der Waals surface area contributed by atoms with E-state index in [-0.39, 0.29) is 5.69 Å². The molecule has 1 fully saturated rings. The highest BCUT2D eigenvalue weighted by Gasteiger charge is 2.46. The van der Waals surface area contributed by atoms with Crippen LogP contribution in [0.5, 0.6) is 0 Å². The average molecular weight is 427 g/mol. The first-order valence-corrected chi connectivity index (χ1v) is 9.28. The topological polar surface area (TPSA) is 191 Å². The second-order valence-electron chi connectivity index (χ2n) is 6.89. The summed E-state index contributed by atoms with van der Waals surface area (Å²) in [7, 11) is 0. The summed E-state index contributed by atoms with van der Waals surface area (Å²) in [5, 5.41) is 77.5. The molecule has 8 atom stereocenters. The van der Waals surface area contributed by atoms with Crippen LogP contribution in [-0.4, -0.2) is 107 Å². The first kappa shape index (κ1) is 22.7. The van der Waals surface area contributed by atoms with E-state index in [0.717, 1.165) is 0 Å². The number of ether oxygens (including phenoxy) is 2. The van der Waals surface area contributed by atoms with Crippen LogP contribution in [0.25, 0.3) is 5.69 Å². The molecular formula is C18H25N3O9. The predicted molar refractivity (Wildman–Crippen MR) is 98.1 cm³/mol. The number of nitrogens with zero attached hydrogens (tertiary/aromatic N) is 3. The van der Waals surface area contributed by atoms with Crippen molar-refractivity contribution in [1.82, 2.24) is 15.0 Å². The van der Waals surface area contributed by atoms with Gasteiger partial charge in [-0.25, -0.2) is 0 Å². The van der Waals surface area contributed by atoms with Gasteiger partial charge in [0.05, 0.1) is 25.1 Å². The summed E-state index contributed by atoms with van der Waals surface area (Å²) in [6.45, 7) is -1.47. The van der Waals surface area contributed by atoms with E-state index in [1.165, 1.54) is 11.0 Å². The van der Waals surface area contributed by atoms with Crippen LogP contribution >= 0.6 is 0 Å². The zero-order valence-corrected chi connectivity index (χ0v) is 15.8. The number of aliphatic hydroxyl groups excluding tert-OH is 7. The van der Waals surface area contributed by atoms with Gasteiger partial charge in [-0.2, -0.15) is 15.0 Å². The highest BCUT2D eigenvalue weighted by Crippen LogP contribution is 2.28. The number of rotatable bonds is 8. The molecule has 0 unspecified atom stereocenters. The normalized spacial score (nSPS) is 30.0. The Labute approximate surface area is 171 Å². The van der Waals surface area contributed by atoms with Gasteiger partial charge in [0.15, 0.2) is 6.29 Å². The van der Waals surface area contributed by atoms with E-state index in [4.69, 9.17) is 9.47 Å². The molecule has 0 radical (unpaired) electrons. The zero-order valence-electron chi connectivity index (χ0n) is 15.8. The van der Waals surface area contributed by atoms with Gasteiger partial charge < -0.3 is 45.2 Å². The number of hydrogen-bond acceptors (Lipinski definition) is 11. The smallest absolute Gasteiger partial charge is 0.187 e.